The predicted molar refractivity (Wildman–Crippen MR) is 62.2 cm³/mol. The van der Waals surface area contributed by atoms with Crippen LogP contribution in [0.4, 0.5) is 0 Å². The highest BCUT2D eigenvalue weighted by Gasteiger charge is 2.04. The van der Waals surface area contributed by atoms with E-state index in [-0.39, 0.29) is 6.61 Å². The first-order valence-corrected chi connectivity index (χ1v) is 5.95. The second-order valence-electron chi connectivity index (χ2n) is 3.62. The van der Waals surface area contributed by atoms with Gasteiger partial charge in [-0.05, 0) is 18.1 Å². The minimum absolute atomic E-state index is 0.243. The number of thioether (sulfide) groups is 1. The van der Waals surface area contributed by atoms with E-state index >= 15 is 0 Å². The Kier molecular flexibility index (Phi) is 3.28. The molecule has 0 aromatic carbocycles. The molecule has 0 aliphatic heterocycles. The number of aromatic nitrogens is 2. The van der Waals surface area contributed by atoms with Gasteiger partial charge in [-0.25, -0.2) is 4.98 Å². The summed E-state index contributed by atoms with van der Waals surface area (Å²) in [5.41, 5.74) is 0.969. The third-order valence-electron chi connectivity index (χ3n) is 2.22. The molecule has 80 valence electrons. The first-order valence-electron chi connectivity index (χ1n) is 4.97. The van der Waals surface area contributed by atoms with Crippen LogP contribution in [0.3, 0.4) is 0 Å². The average Bonchev–Trinajstić information content (AvgIpc) is 2.74. The van der Waals surface area contributed by atoms with Crippen molar-refractivity contribution in [3.8, 4) is 0 Å². The highest BCUT2D eigenvalue weighted by atomic mass is 32.2. The lowest BCUT2D eigenvalue weighted by atomic mass is 10.2. The zero-order valence-electron chi connectivity index (χ0n) is 8.63. The van der Waals surface area contributed by atoms with E-state index in [1.165, 1.54) is 5.03 Å². The van der Waals surface area contributed by atoms with E-state index in [0.717, 1.165) is 11.4 Å². The molecule has 1 N–H and O–H groups in total. The van der Waals surface area contributed by atoms with Crippen LogP contribution in [0.1, 0.15) is 6.92 Å². The van der Waals surface area contributed by atoms with Crippen LogP contribution in [0.5, 0.6) is 0 Å². The maximum Gasteiger partial charge on any atom is 0.137 e. The Morgan fingerprint density at radius 2 is 2.40 bits per heavy atom. The zero-order chi connectivity index (χ0) is 10.7. The van der Waals surface area contributed by atoms with Crippen LogP contribution in [0.2, 0.25) is 0 Å². The van der Waals surface area contributed by atoms with Crippen LogP contribution in [-0.2, 0) is 0 Å². The van der Waals surface area contributed by atoms with Gasteiger partial charge in [0.2, 0.25) is 0 Å². The van der Waals surface area contributed by atoms with Crippen LogP contribution in [0, 0.1) is 5.92 Å². The maximum absolute atomic E-state index is 8.95. The minimum Gasteiger partial charge on any atom is -0.396 e. The summed E-state index contributed by atoms with van der Waals surface area (Å²) in [5.74, 6) is 1.25. The molecule has 15 heavy (non-hydrogen) atoms. The van der Waals surface area contributed by atoms with Crippen molar-refractivity contribution in [3.05, 3.63) is 30.6 Å². The van der Waals surface area contributed by atoms with E-state index in [1.54, 1.807) is 18.0 Å². The van der Waals surface area contributed by atoms with Crippen LogP contribution in [0.15, 0.2) is 35.6 Å². The number of aliphatic hydroxyl groups excluding tert-OH is 1. The fourth-order valence-electron chi connectivity index (χ4n) is 1.32. The molecule has 0 radical (unpaired) electrons. The number of hydrogen-bond donors (Lipinski definition) is 1. The molecule has 0 aliphatic rings. The van der Waals surface area contributed by atoms with Crippen molar-refractivity contribution in [2.45, 2.75) is 11.9 Å². The van der Waals surface area contributed by atoms with E-state index in [9.17, 15) is 0 Å². The van der Waals surface area contributed by atoms with Crippen LogP contribution in [-0.4, -0.2) is 26.9 Å². The molecule has 0 aliphatic carbocycles. The molecule has 2 aromatic heterocycles. The molecule has 0 bridgehead atoms. The van der Waals surface area contributed by atoms with Crippen molar-refractivity contribution in [3.63, 3.8) is 0 Å². The number of aliphatic hydroxyl groups is 1. The van der Waals surface area contributed by atoms with Gasteiger partial charge in [-0.3, -0.25) is 4.40 Å². The fourth-order valence-corrected chi connectivity index (χ4v) is 2.35. The SMILES string of the molecule is CC(CO)CSc1cccc2nccn12. The number of hydrogen-bond acceptors (Lipinski definition) is 3. The van der Waals surface area contributed by atoms with Crippen molar-refractivity contribution in [2.75, 3.05) is 12.4 Å². The van der Waals surface area contributed by atoms with Gasteiger partial charge in [0.25, 0.3) is 0 Å². The van der Waals surface area contributed by atoms with E-state index in [0.29, 0.717) is 5.92 Å². The molecule has 4 heteroatoms. The number of imidazole rings is 1. The second kappa shape index (κ2) is 4.68. The molecule has 0 fully saturated rings. The highest BCUT2D eigenvalue weighted by molar-refractivity contribution is 7.99. The third-order valence-corrected chi connectivity index (χ3v) is 3.58. The second-order valence-corrected chi connectivity index (χ2v) is 4.66. The number of pyridine rings is 1. The van der Waals surface area contributed by atoms with Gasteiger partial charge in [0, 0.05) is 24.8 Å². The molecular weight excluding hydrogens is 208 g/mol. The van der Waals surface area contributed by atoms with Gasteiger partial charge in [0.15, 0.2) is 0 Å². The molecule has 1 atom stereocenters. The molecular formula is C11H14N2OS. The van der Waals surface area contributed by atoms with Gasteiger partial charge in [-0.1, -0.05) is 13.0 Å². The molecule has 1 unspecified atom stereocenters. The monoisotopic (exact) mass is 222 g/mol. The molecule has 0 amide bonds. The fraction of sp³-hybridized carbons (Fsp3) is 0.364. The van der Waals surface area contributed by atoms with E-state index < -0.39 is 0 Å². The molecule has 2 aromatic rings. The Morgan fingerprint density at radius 1 is 1.53 bits per heavy atom. The van der Waals surface area contributed by atoms with Crippen LogP contribution < -0.4 is 0 Å². The van der Waals surface area contributed by atoms with Crippen molar-refractivity contribution >= 4 is 17.4 Å². The first kappa shape index (κ1) is 10.5. The maximum atomic E-state index is 8.95. The molecule has 0 spiro atoms. The largest absolute Gasteiger partial charge is 0.396 e. The summed E-state index contributed by atoms with van der Waals surface area (Å²) < 4.78 is 2.06. The zero-order valence-corrected chi connectivity index (χ0v) is 9.44. The van der Waals surface area contributed by atoms with Gasteiger partial charge in [0.1, 0.15) is 5.65 Å². The standard InChI is InChI=1S/C11H14N2OS/c1-9(7-14)8-15-11-4-2-3-10-12-5-6-13(10)11/h2-6,9,14H,7-8H2,1H3. The van der Waals surface area contributed by atoms with Gasteiger partial charge in [-0.2, -0.15) is 0 Å². The summed E-state index contributed by atoms with van der Waals surface area (Å²) in [7, 11) is 0. The van der Waals surface area contributed by atoms with Crippen molar-refractivity contribution < 1.29 is 5.11 Å². The molecule has 2 heterocycles. The first-order chi connectivity index (χ1) is 7.31. The number of fused-ring (bicyclic) bond motifs is 1. The van der Waals surface area contributed by atoms with Crippen LogP contribution >= 0.6 is 11.8 Å². The summed E-state index contributed by atoms with van der Waals surface area (Å²) in [5, 5.41) is 10.1. The lowest BCUT2D eigenvalue weighted by Crippen LogP contribution is -2.03. The summed E-state index contributed by atoms with van der Waals surface area (Å²) in [6.45, 7) is 2.29. The molecule has 0 saturated heterocycles. The third kappa shape index (κ3) is 2.33. The van der Waals surface area contributed by atoms with Crippen LogP contribution in [0.25, 0.3) is 5.65 Å². The van der Waals surface area contributed by atoms with Gasteiger partial charge in [0.05, 0.1) is 5.03 Å². The van der Waals surface area contributed by atoms with Crippen molar-refractivity contribution in [1.82, 2.24) is 9.38 Å². The Morgan fingerprint density at radius 3 is 3.20 bits per heavy atom. The van der Waals surface area contributed by atoms with E-state index in [1.807, 2.05) is 25.3 Å². The Bertz CT molecular complexity index is 441. The smallest absolute Gasteiger partial charge is 0.137 e. The van der Waals surface area contributed by atoms with Crippen molar-refractivity contribution in [1.29, 1.82) is 0 Å². The van der Waals surface area contributed by atoms with E-state index in [2.05, 4.69) is 15.5 Å². The Labute approximate surface area is 93.1 Å². The highest BCUT2D eigenvalue weighted by Crippen LogP contribution is 2.21. The topological polar surface area (TPSA) is 37.5 Å². The van der Waals surface area contributed by atoms with Crippen molar-refractivity contribution in [2.24, 2.45) is 5.92 Å². The summed E-state index contributed by atoms with van der Waals surface area (Å²) in [4.78, 5) is 4.23. The average molecular weight is 222 g/mol. The summed E-state index contributed by atoms with van der Waals surface area (Å²) in [6.07, 6.45) is 3.76. The van der Waals surface area contributed by atoms with Gasteiger partial charge < -0.3 is 5.11 Å². The Balaban J connectivity index is 2.17. The predicted octanol–water partition coefficient (Wildman–Crippen LogP) is 2.05. The lowest BCUT2D eigenvalue weighted by molar-refractivity contribution is 0.250. The van der Waals surface area contributed by atoms with Gasteiger partial charge in [-0.15, -0.1) is 11.8 Å². The molecule has 3 nitrogen and oxygen atoms in total. The quantitative estimate of drug-likeness (QED) is 0.805. The Hall–Kier alpha value is -1.00. The van der Waals surface area contributed by atoms with Gasteiger partial charge >= 0.3 is 0 Å². The minimum atomic E-state index is 0.243. The normalized spacial score (nSPS) is 13.2. The lowest BCUT2D eigenvalue weighted by Gasteiger charge is -2.08. The summed E-state index contributed by atoms with van der Waals surface area (Å²) >= 11 is 1.75. The number of rotatable bonds is 4. The number of nitrogens with zero attached hydrogens (tertiary/aromatic N) is 2. The van der Waals surface area contributed by atoms with E-state index in [4.69, 9.17) is 5.11 Å². The summed E-state index contributed by atoms with van der Waals surface area (Å²) in [6, 6.07) is 6.07. The molecule has 2 rings (SSSR count). The molecule has 0 saturated carbocycles.